The molecule has 0 radical (unpaired) electrons. The minimum absolute atomic E-state index is 0.258. The van der Waals surface area contributed by atoms with E-state index in [0.717, 1.165) is 17.0 Å². The van der Waals surface area contributed by atoms with E-state index in [1.807, 2.05) is 20.8 Å². The molecule has 0 amide bonds. The zero-order valence-corrected chi connectivity index (χ0v) is 13.9. The monoisotopic (exact) mass is 342 g/mol. The summed E-state index contributed by atoms with van der Waals surface area (Å²) in [6.45, 7) is 6.08. The number of hydrogen-bond acceptors (Lipinski definition) is 5. The van der Waals surface area contributed by atoms with Crippen molar-refractivity contribution in [2.75, 3.05) is 5.73 Å². The van der Waals surface area contributed by atoms with Crippen molar-refractivity contribution in [2.24, 2.45) is 8.73 Å². The van der Waals surface area contributed by atoms with Gasteiger partial charge in [-0.05, 0) is 6.07 Å². The van der Waals surface area contributed by atoms with Crippen molar-refractivity contribution < 1.29 is 0 Å². The summed E-state index contributed by atoms with van der Waals surface area (Å²) in [5, 5.41) is 8.97. The van der Waals surface area contributed by atoms with Gasteiger partial charge in [0.2, 0.25) is 0 Å². The number of nitrogens with zero attached hydrogens (tertiary/aromatic N) is 5. The molecule has 1 aliphatic rings. The van der Waals surface area contributed by atoms with Gasteiger partial charge in [-0.1, -0.05) is 49.2 Å². The molecule has 6 nitrogen and oxygen atoms in total. The van der Waals surface area contributed by atoms with Gasteiger partial charge in [-0.15, -0.1) is 5.10 Å². The zero-order valence-electron chi connectivity index (χ0n) is 11.6. The number of halogens is 2. The molecule has 0 spiro atoms. The highest BCUT2D eigenvalue weighted by Crippen LogP contribution is 2.47. The second-order valence-electron chi connectivity index (χ2n) is 5.64. The number of aromatic nitrogens is 3. The van der Waals surface area contributed by atoms with Gasteiger partial charge in [0.15, 0.2) is 5.82 Å². The highest BCUT2D eigenvalue weighted by Gasteiger charge is 2.29. The standard InChI is InChI=1S/C12H12Cl2N6S/c1-12(2,3)10-11(15)16-19-20(10)9-6(14)4-5(13)7-8(9)18-21-17-7/h4H,15H2,1-3H3. The van der Waals surface area contributed by atoms with E-state index in [1.165, 1.54) is 0 Å². The topological polar surface area (TPSA) is 81.5 Å². The number of nitrogens with two attached hydrogens (primary N) is 1. The highest BCUT2D eigenvalue weighted by atomic mass is 35.5. The zero-order chi connectivity index (χ0) is 15.4. The Balaban J connectivity index is 2.34. The molecule has 2 heterocycles. The van der Waals surface area contributed by atoms with Crippen molar-refractivity contribution in [3.05, 3.63) is 21.8 Å². The lowest BCUT2D eigenvalue weighted by Crippen LogP contribution is -2.19. The normalized spacial score (nSPS) is 13.4. The summed E-state index contributed by atoms with van der Waals surface area (Å²) < 4.78 is 10.1. The van der Waals surface area contributed by atoms with Crippen LogP contribution in [-0.4, -0.2) is 15.0 Å². The number of hydrogen-bond donors (Lipinski definition) is 1. The van der Waals surface area contributed by atoms with Crippen LogP contribution in [0.4, 0.5) is 17.2 Å². The van der Waals surface area contributed by atoms with Gasteiger partial charge in [0.1, 0.15) is 17.1 Å². The summed E-state index contributed by atoms with van der Waals surface area (Å²) in [7, 11) is 0. The van der Waals surface area contributed by atoms with E-state index in [-0.39, 0.29) is 5.41 Å². The summed E-state index contributed by atoms with van der Waals surface area (Å²) in [5.41, 5.74) is 8.25. The fraction of sp³-hybridized carbons (Fsp3) is 0.333. The number of benzene rings is 1. The second kappa shape index (κ2) is 4.79. The summed E-state index contributed by atoms with van der Waals surface area (Å²) in [4.78, 5) is 0. The molecule has 1 aromatic carbocycles. The van der Waals surface area contributed by atoms with Crippen LogP contribution in [0.3, 0.4) is 0 Å². The molecule has 9 heteroatoms. The first-order chi connectivity index (χ1) is 9.80. The maximum absolute atomic E-state index is 6.35. The third-order valence-corrected chi connectivity index (χ3v) is 4.14. The first-order valence-corrected chi connectivity index (χ1v) is 7.61. The summed E-state index contributed by atoms with van der Waals surface area (Å²) in [5.74, 6) is 0.366. The van der Waals surface area contributed by atoms with E-state index >= 15 is 0 Å². The Bertz CT molecular complexity index is 814. The van der Waals surface area contributed by atoms with Crippen LogP contribution in [0.2, 0.25) is 10.0 Å². The molecule has 1 aliphatic heterocycles. The van der Waals surface area contributed by atoms with Gasteiger partial charge < -0.3 is 5.73 Å². The fourth-order valence-corrected chi connectivity index (χ4v) is 3.40. The van der Waals surface area contributed by atoms with Crippen LogP contribution in [0.1, 0.15) is 26.5 Å². The molecule has 0 fully saturated rings. The molecule has 0 saturated carbocycles. The van der Waals surface area contributed by atoms with E-state index in [9.17, 15) is 0 Å². The Hall–Kier alpha value is -1.44. The number of anilines is 1. The molecule has 1 aromatic heterocycles. The number of nitrogen functional groups attached to an aromatic ring is 1. The van der Waals surface area contributed by atoms with Crippen molar-refractivity contribution >= 4 is 51.7 Å². The maximum atomic E-state index is 6.35. The van der Waals surface area contributed by atoms with Crippen LogP contribution >= 0.6 is 23.2 Å². The van der Waals surface area contributed by atoms with Crippen molar-refractivity contribution in [1.29, 1.82) is 0 Å². The van der Waals surface area contributed by atoms with Gasteiger partial charge in [0.05, 0.1) is 27.1 Å². The number of fused-ring (bicyclic) bond motifs is 1. The lowest BCUT2D eigenvalue weighted by atomic mass is 9.91. The average Bonchev–Trinajstić information content (AvgIpc) is 2.95. The molecule has 110 valence electrons. The molecule has 21 heavy (non-hydrogen) atoms. The lowest BCUT2D eigenvalue weighted by molar-refractivity contribution is 0.544. The molecule has 0 atom stereocenters. The van der Waals surface area contributed by atoms with E-state index in [2.05, 4.69) is 19.0 Å². The summed E-state index contributed by atoms with van der Waals surface area (Å²) in [6, 6.07) is 1.63. The third kappa shape index (κ3) is 2.25. The van der Waals surface area contributed by atoms with Gasteiger partial charge >= 0.3 is 0 Å². The lowest BCUT2D eigenvalue weighted by Gasteiger charge is -2.21. The Morgan fingerprint density at radius 3 is 2.48 bits per heavy atom. The minimum Gasteiger partial charge on any atom is -0.381 e. The predicted molar refractivity (Wildman–Crippen MR) is 86.0 cm³/mol. The van der Waals surface area contributed by atoms with Gasteiger partial charge in [-0.3, -0.25) is 0 Å². The third-order valence-electron chi connectivity index (χ3n) is 3.04. The van der Waals surface area contributed by atoms with Crippen molar-refractivity contribution in [1.82, 2.24) is 15.0 Å². The van der Waals surface area contributed by atoms with Gasteiger partial charge in [0, 0.05) is 5.41 Å². The minimum atomic E-state index is -0.258. The Labute approximate surface area is 135 Å². The summed E-state index contributed by atoms with van der Waals surface area (Å²) >= 11 is 13.6. The van der Waals surface area contributed by atoms with Gasteiger partial charge in [0.25, 0.3) is 0 Å². The number of rotatable bonds is 1. The molecule has 3 rings (SSSR count). The van der Waals surface area contributed by atoms with E-state index in [1.54, 1.807) is 10.7 Å². The van der Waals surface area contributed by atoms with Crippen LogP contribution in [-0.2, 0) is 16.8 Å². The van der Waals surface area contributed by atoms with Crippen LogP contribution < -0.4 is 5.73 Å². The predicted octanol–water partition coefficient (Wildman–Crippen LogP) is 4.18. The van der Waals surface area contributed by atoms with Crippen LogP contribution in [0.5, 0.6) is 0 Å². The molecular weight excluding hydrogens is 331 g/mol. The molecule has 0 bridgehead atoms. The smallest absolute Gasteiger partial charge is 0.170 e. The molecular formula is C12H12Cl2N6S. The van der Waals surface area contributed by atoms with Crippen molar-refractivity contribution in [3.8, 4) is 5.69 Å². The van der Waals surface area contributed by atoms with E-state index in [0.29, 0.717) is 32.9 Å². The van der Waals surface area contributed by atoms with Crippen molar-refractivity contribution in [3.63, 3.8) is 0 Å². The van der Waals surface area contributed by atoms with Crippen molar-refractivity contribution in [2.45, 2.75) is 26.2 Å². The molecule has 0 unspecified atom stereocenters. The Kier molecular flexibility index (Phi) is 3.31. The quantitative estimate of drug-likeness (QED) is 0.719. The van der Waals surface area contributed by atoms with Crippen LogP contribution in [0.15, 0.2) is 14.8 Å². The molecule has 0 saturated heterocycles. The Morgan fingerprint density at radius 1 is 1.14 bits per heavy atom. The van der Waals surface area contributed by atoms with E-state index in [4.69, 9.17) is 28.9 Å². The largest absolute Gasteiger partial charge is 0.381 e. The van der Waals surface area contributed by atoms with Crippen LogP contribution in [0.25, 0.3) is 5.69 Å². The average molecular weight is 343 g/mol. The first kappa shape index (κ1) is 14.5. The molecule has 0 aliphatic carbocycles. The second-order valence-corrected chi connectivity index (χ2v) is 6.98. The van der Waals surface area contributed by atoms with E-state index < -0.39 is 0 Å². The SMILES string of the molecule is CC(C)(C)c1c(N)nnn1-c1c(Cl)cc(Cl)c2c1N=S=N2. The van der Waals surface area contributed by atoms with Gasteiger partial charge in [-0.25, -0.2) is 4.68 Å². The Morgan fingerprint density at radius 2 is 1.81 bits per heavy atom. The molecule has 2 N–H and O–H groups in total. The highest BCUT2D eigenvalue weighted by molar-refractivity contribution is 7.58. The maximum Gasteiger partial charge on any atom is 0.170 e. The fourth-order valence-electron chi connectivity index (χ4n) is 2.22. The first-order valence-electron chi connectivity index (χ1n) is 6.13. The molecule has 2 aromatic rings. The van der Waals surface area contributed by atoms with Crippen LogP contribution in [0, 0.1) is 0 Å². The van der Waals surface area contributed by atoms with Gasteiger partial charge in [-0.2, -0.15) is 8.73 Å². The summed E-state index contributed by atoms with van der Waals surface area (Å²) in [6.07, 6.45) is 0.